The van der Waals surface area contributed by atoms with Crippen molar-refractivity contribution in [3.63, 3.8) is 0 Å². The third-order valence-electron chi connectivity index (χ3n) is 5.88. The molecule has 31 heavy (non-hydrogen) atoms. The van der Waals surface area contributed by atoms with Crippen LogP contribution in [-0.4, -0.2) is 61.3 Å². The van der Waals surface area contributed by atoms with Crippen LogP contribution in [0.1, 0.15) is 47.3 Å². The molecule has 1 N–H and O–H groups in total. The van der Waals surface area contributed by atoms with E-state index >= 15 is 0 Å². The van der Waals surface area contributed by atoms with E-state index < -0.39 is 28.7 Å². The molecule has 4 heterocycles. The highest BCUT2D eigenvalue weighted by molar-refractivity contribution is 7.98. The summed E-state index contributed by atoms with van der Waals surface area (Å²) in [7, 11) is 0. The van der Waals surface area contributed by atoms with Crippen molar-refractivity contribution in [2.75, 3.05) is 17.3 Å². The van der Waals surface area contributed by atoms with Crippen LogP contribution < -0.4 is 5.32 Å². The maximum absolute atomic E-state index is 12.3. The van der Waals surface area contributed by atoms with Gasteiger partial charge in [-0.25, -0.2) is 14.8 Å². The van der Waals surface area contributed by atoms with Gasteiger partial charge in [0.15, 0.2) is 17.6 Å². The standard InChI is InChI=1S/C21H28N4O5S/c1-18(2,3)28-17(26)24-14-12-7-8-25(15(12)23-11-22-14)16-21-10-20(21,13(27-16)9-31-6)29-19(4,5)30-21/h7-8,11,13,16H,9-10H2,1-6H3,(H,22,23,24,26)/t13-,16-,20-,21+/m1/s1. The van der Waals surface area contributed by atoms with Crippen molar-refractivity contribution in [1.82, 2.24) is 14.5 Å². The highest BCUT2D eigenvalue weighted by atomic mass is 32.2. The summed E-state index contributed by atoms with van der Waals surface area (Å²) < 4.78 is 26.6. The first-order chi connectivity index (χ1) is 14.5. The number of carbonyl (C=O) groups excluding carboxylic acids is 1. The van der Waals surface area contributed by atoms with Gasteiger partial charge >= 0.3 is 6.09 Å². The highest BCUT2D eigenvalue weighted by Crippen LogP contribution is 2.73. The fraction of sp³-hybridized carbons (Fsp3) is 0.667. The zero-order valence-electron chi connectivity index (χ0n) is 18.6. The Hall–Kier alpha value is -1.88. The SMILES string of the molecule is CSC[C@H]1O[C@@H](n2ccc3c(NC(=O)OC(C)(C)C)ncnc32)[C@@]23C[C@@]12OC(C)(C)O3. The first kappa shape index (κ1) is 21.0. The average molecular weight is 449 g/mol. The summed E-state index contributed by atoms with van der Waals surface area (Å²) in [4.78, 5) is 21.0. The van der Waals surface area contributed by atoms with E-state index in [9.17, 15) is 4.79 Å². The zero-order chi connectivity index (χ0) is 22.2. The molecule has 0 unspecified atom stereocenters. The smallest absolute Gasteiger partial charge is 0.413 e. The monoisotopic (exact) mass is 448 g/mol. The fourth-order valence-electron chi connectivity index (χ4n) is 4.94. The Labute approximate surface area is 185 Å². The van der Waals surface area contributed by atoms with Crippen molar-refractivity contribution in [2.24, 2.45) is 0 Å². The molecular weight excluding hydrogens is 420 g/mol. The number of nitrogens with zero attached hydrogens (tertiary/aromatic N) is 3. The minimum Gasteiger partial charge on any atom is -0.444 e. The molecule has 4 atom stereocenters. The average Bonchev–Trinajstić information content (AvgIpc) is 2.89. The van der Waals surface area contributed by atoms with Gasteiger partial charge in [0.1, 0.15) is 35.1 Å². The van der Waals surface area contributed by atoms with Crippen LogP contribution in [-0.2, 0) is 18.9 Å². The number of thioether (sulfide) groups is 1. The van der Waals surface area contributed by atoms with Gasteiger partial charge in [-0.2, -0.15) is 11.8 Å². The fourth-order valence-corrected chi connectivity index (χ4v) is 5.59. The van der Waals surface area contributed by atoms with Crippen molar-refractivity contribution in [3.05, 3.63) is 18.6 Å². The zero-order valence-corrected chi connectivity index (χ0v) is 19.4. The van der Waals surface area contributed by atoms with Gasteiger partial charge in [-0.3, -0.25) is 5.32 Å². The molecule has 1 saturated carbocycles. The molecule has 1 aliphatic carbocycles. The van der Waals surface area contributed by atoms with Crippen molar-refractivity contribution in [2.45, 2.75) is 76.0 Å². The van der Waals surface area contributed by atoms with Crippen molar-refractivity contribution < 1.29 is 23.7 Å². The number of ether oxygens (including phenoxy) is 4. The second kappa shape index (κ2) is 6.57. The predicted molar refractivity (Wildman–Crippen MR) is 116 cm³/mol. The molecule has 0 radical (unpaired) electrons. The molecular formula is C21H28N4O5S. The van der Waals surface area contributed by atoms with Crippen LogP contribution in [0.3, 0.4) is 0 Å². The highest BCUT2D eigenvalue weighted by Gasteiger charge is 2.88. The molecule has 2 aliphatic heterocycles. The lowest BCUT2D eigenvalue weighted by atomic mass is 10.1. The lowest BCUT2D eigenvalue weighted by Gasteiger charge is -2.32. The number of amides is 1. The van der Waals surface area contributed by atoms with Crippen molar-refractivity contribution in [1.29, 1.82) is 0 Å². The number of anilines is 1. The molecule has 0 bridgehead atoms. The normalized spacial score (nSPS) is 33.2. The maximum Gasteiger partial charge on any atom is 0.413 e. The summed E-state index contributed by atoms with van der Waals surface area (Å²) >= 11 is 1.73. The predicted octanol–water partition coefficient (Wildman–Crippen LogP) is 3.70. The van der Waals surface area contributed by atoms with Crippen LogP contribution in [0.15, 0.2) is 18.6 Å². The summed E-state index contributed by atoms with van der Waals surface area (Å²) in [5, 5.41) is 3.43. The molecule has 0 aromatic carbocycles. The van der Waals surface area contributed by atoms with E-state index in [1.54, 1.807) is 11.8 Å². The van der Waals surface area contributed by atoms with Gasteiger partial charge in [-0.05, 0) is 46.9 Å². The quantitative estimate of drug-likeness (QED) is 0.756. The number of aromatic nitrogens is 3. The number of rotatable bonds is 4. The number of hydrogen-bond donors (Lipinski definition) is 1. The molecule has 2 aromatic heterocycles. The second-order valence-corrected chi connectivity index (χ2v) is 10.7. The Bertz CT molecular complexity index is 1050. The summed E-state index contributed by atoms with van der Waals surface area (Å²) in [6.07, 6.45) is 5.15. The molecule has 10 heteroatoms. The summed E-state index contributed by atoms with van der Waals surface area (Å²) in [5.74, 6) is 0.537. The van der Waals surface area contributed by atoms with Crippen LogP contribution in [0.5, 0.6) is 0 Å². The third-order valence-corrected chi connectivity index (χ3v) is 6.52. The number of carbonyl (C=O) groups is 1. The second-order valence-electron chi connectivity index (χ2n) is 9.80. The van der Waals surface area contributed by atoms with E-state index in [0.717, 1.165) is 12.2 Å². The van der Waals surface area contributed by atoms with E-state index in [1.807, 2.05) is 51.4 Å². The molecule has 2 aromatic rings. The van der Waals surface area contributed by atoms with Gasteiger partial charge in [0.05, 0.1) is 5.39 Å². The van der Waals surface area contributed by atoms with Gasteiger partial charge in [-0.1, -0.05) is 0 Å². The molecule has 0 spiro atoms. The molecule has 5 rings (SSSR count). The van der Waals surface area contributed by atoms with E-state index in [1.165, 1.54) is 6.33 Å². The maximum atomic E-state index is 12.3. The molecule has 2 saturated heterocycles. The lowest BCUT2D eigenvalue weighted by molar-refractivity contribution is -0.248. The van der Waals surface area contributed by atoms with Gasteiger partial charge in [0.25, 0.3) is 0 Å². The summed E-state index contributed by atoms with van der Waals surface area (Å²) in [5.41, 5.74) is -0.940. The molecule has 1 amide bonds. The third kappa shape index (κ3) is 3.14. The van der Waals surface area contributed by atoms with E-state index in [4.69, 9.17) is 18.9 Å². The van der Waals surface area contributed by atoms with Crippen LogP contribution in [0.2, 0.25) is 0 Å². The van der Waals surface area contributed by atoms with Gasteiger partial charge in [0.2, 0.25) is 0 Å². The van der Waals surface area contributed by atoms with E-state index in [-0.39, 0.29) is 12.3 Å². The van der Waals surface area contributed by atoms with E-state index in [2.05, 4.69) is 21.5 Å². The lowest BCUT2D eigenvalue weighted by Crippen LogP contribution is -2.38. The number of nitrogens with one attached hydrogen (secondary N) is 1. The largest absolute Gasteiger partial charge is 0.444 e. The van der Waals surface area contributed by atoms with Gasteiger partial charge in [0, 0.05) is 18.4 Å². The van der Waals surface area contributed by atoms with E-state index in [0.29, 0.717) is 16.9 Å². The van der Waals surface area contributed by atoms with Crippen LogP contribution in [0.4, 0.5) is 10.6 Å². The van der Waals surface area contributed by atoms with Crippen molar-refractivity contribution >= 4 is 34.7 Å². The minimum absolute atomic E-state index is 0.0760. The number of hydrogen-bond acceptors (Lipinski definition) is 8. The Morgan fingerprint density at radius 3 is 2.77 bits per heavy atom. The Morgan fingerprint density at radius 2 is 2.06 bits per heavy atom. The van der Waals surface area contributed by atoms with Crippen molar-refractivity contribution in [3.8, 4) is 0 Å². The van der Waals surface area contributed by atoms with Crippen LogP contribution in [0, 0.1) is 0 Å². The Balaban J connectivity index is 1.49. The molecule has 168 valence electrons. The first-order valence-electron chi connectivity index (χ1n) is 10.4. The molecule has 9 nitrogen and oxygen atoms in total. The molecule has 3 fully saturated rings. The Kier molecular flexibility index (Phi) is 4.45. The minimum atomic E-state index is -0.668. The number of fused-ring (bicyclic) bond motifs is 1. The summed E-state index contributed by atoms with van der Waals surface area (Å²) in [6, 6.07) is 1.87. The Morgan fingerprint density at radius 1 is 1.32 bits per heavy atom. The van der Waals surface area contributed by atoms with Crippen LogP contribution >= 0.6 is 11.8 Å². The van der Waals surface area contributed by atoms with Crippen LogP contribution in [0.25, 0.3) is 11.0 Å². The topological polar surface area (TPSA) is 96.7 Å². The molecule has 3 aliphatic rings. The van der Waals surface area contributed by atoms with Gasteiger partial charge in [-0.15, -0.1) is 0 Å². The van der Waals surface area contributed by atoms with Gasteiger partial charge < -0.3 is 23.5 Å². The first-order valence-corrected chi connectivity index (χ1v) is 11.8. The summed E-state index contributed by atoms with van der Waals surface area (Å²) in [6.45, 7) is 9.33.